The number of hydrogen-bond donors (Lipinski definition) is 0. The van der Waals surface area contributed by atoms with Crippen LogP contribution in [0.1, 0.15) is 45.5 Å². The Balaban J connectivity index is 1.03. The fourth-order valence-electron chi connectivity index (χ4n) is 11.5. The highest BCUT2D eigenvalue weighted by molar-refractivity contribution is 6.14. The molecule has 4 heteroatoms. The second-order valence-corrected chi connectivity index (χ2v) is 17.7. The number of fused-ring (bicyclic) bond motifs is 8. The predicted molar refractivity (Wildman–Crippen MR) is 273 cm³/mol. The van der Waals surface area contributed by atoms with Gasteiger partial charge in [-0.3, -0.25) is 4.68 Å². The van der Waals surface area contributed by atoms with Gasteiger partial charge in [0.05, 0.1) is 22.2 Å². The van der Waals surface area contributed by atoms with E-state index in [1.165, 1.54) is 122 Å². The van der Waals surface area contributed by atoms with Crippen LogP contribution in [-0.2, 0) is 32.1 Å². The Morgan fingerprint density at radius 1 is 0.492 bits per heavy atom. The fourth-order valence-corrected chi connectivity index (χ4v) is 11.5. The van der Waals surface area contributed by atoms with E-state index in [1.807, 2.05) is 24.4 Å². The predicted octanol–water partition coefficient (Wildman–Crippen LogP) is 14.8. The summed E-state index contributed by atoms with van der Waals surface area (Å²) < 4.78 is 7.05. The van der Waals surface area contributed by atoms with Gasteiger partial charge in [-0.2, -0.15) is 5.10 Å². The van der Waals surface area contributed by atoms with Crippen LogP contribution in [0.15, 0.2) is 194 Å². The SMILES string of the molecule is C=C/C=C\C=N/n1c2c(c3cc4c5c(c31)CCc1c-5c(cc3c5cc(-c6ccccc6-c6ccccc6)ccc5n(-n5cccc5)c13)CC4)C=C(c1ccccc1-c1ccccc1)CC2. The van der Waals surface area contributed by atoms with Gasteiger partial charge in [0.1, 0.15) is 0 Å². The number of allylic oxidation sites excluding steroid dienone is 4. The minimum atomic E-state index is 0.919. The summed E-state index contributed by atoms with van der Waals surface area (Å²) in [6.07, 6.45) is 20.4. The first kappa shape index (κ1) is 37.6. The Morgan fingerprint density at radius 3 is 1.77 bits per heavy atom. The molecule has 3 aliphatic rings. The number of aryl methyl sites for hydroxylation is 4. The van der Waals surface area contributed by atoms with Gasteiger partial charge >= 0.3 is 0 Å². The van der Waals surface area contributed by atoms with Crippen molar-refractivity contribution >= 4 is 50.6 Å². The first-order valence-corrected chi connectivity index (χ1v) is 23.0. The van der Waals surface area contributed by atoms with E-state index in [0.717, 1.165) is 38.5 Å². The average molecular weight is 835 g/mol. The van der Waals surface area contributed by atoms with Crippen molar-refractivity contribution < 1.29 is 0 Å². The second-order valence-electron chi connectivity index (χ2n) is 17.7. The normalized spacial score (nSPS) is 14.1. The van der Waals surface area contributed by atoms with E-state index in [1.54, 1.807) is 0 Å². The number of nitrogens with zero attached hydrogens (tertiary/aromatic N) is 4. The summed E-state index contributed by atoms with van der Waals surface area (Å²) in [6, 6.07) is 55.8. The Kier molecular flexibility index (Phi) is 8.73. The zero-order valence-electron chi connectivity index (χ0n) is 36.2. The van der Waals surface area contributed by atoms with Crippen molar-refractivity contribution in [2.45, 2.75) is 38.5 Å². The molecule has 3 aliphatic carbocycles. The molecule has 3 aromatic heterocycles. The Hall–Kier alpha value is -7.95. The van der Waals surface area contributed by atoms with Gasteiger partial charge < -0.3 is 0 Å². The van der Waals surface area contributed by atoms with Crippen molar-refractivity contribution in [3.05, 3.63) is 228 Å². The maximum absolute atomic E-state index is 5.25. The standard InChI is InChI=1S/C61H46N4/c1-2-3-14-33-62-64-56-31-27-42(48-23-12-10-21-46(48)40-17-6-4-7-18-40)36-52(56)54-38-44-25-26-45-39-55-53-37-43(49-24-13-11-22-47(49)41-19-8-5-9-20-41)28-32-57(53)65(63-34-15-16-35-63)61(55)51-30-29-50(60(54)64)58(44)59(45)51/h2-24,28,32-39H,1,25-27,29-31H2/b14-3-,62-33-. The smallest absolute Gasteiger partial charge is 0.0766 e. The maximum atomic E-state index is 5.25. The van der Waals surface area contributed by atoms with E-state index in [2.05, 4.69) is 191 Å². The monoisotopic (exact) mass is 834 g/mol. The van der Waals surface area contributed by atoms with E-state index in [4.69, 9.17) is 5.10 Å². The van der Waals surface area contributed by atoms with Gasteiger partial charge in [0.15, 0.2) is 0 Å². The molecular weight excluding hydrogens is 789 g/mol. The molecule has 0 spiro atoms. The van der Waals surface area contributed by atoms with Crippen LogP contribution >= 0.6 is 0 Å². The van der Waals surface area contributed by atoms with Crippen LogP contribution in [0.2, 0.25) is 0 Å². The molecule has 4 nitrogen and oxygen atoms in total. The molecular formula is C61H46N4. The van der Waals surface area contributed by atoms with Crippen LogP contribution in [0.3, 0.4) is 0 Å². The zero-order valence-corrected chi connectivity index (χ0v) is 36.2. The quantitative estimate of drug-likeness (QED) is 0.108. The molecule has 0 amide bonds. The highest BCUT2D eigenvalue weighted by Gasteiger charge is 2.34. The van der Waals surface area contributed by atoms with E-state index < -0.39 is 0 Å². The van der Waals surface area contributed by atoms with Gasteiger partial charge in [-0.15, -0.1) is 0 Å². The van der Waals surface area contributed by atoms with Gasteiger partial charge in [0.25, 0.3) is 0 Å². The Labute approximate surface area is 379 Å². The molecule has 0 saturated heterocycles. The van der Waals surface area contributed by atoms with Crippen LogP contribution in [0.4, 0.5) is 0 Å². The largest absolute Gasteiger partial charge is 0.264 e. The van der Waals surface area contributed by atoms with E-state index in [-0.39, 0.29) is 0 Å². The molecule has 65 heavy (non-hydrogen) atoms. The molecule has 0 bridgehead atoms. The van der Waals surface area contributed by atoms with Gasteiger partial charge in [-0.05, 0) is 165 Å². The van der Waals surface area contributed by atoms with E-state index in [9.17, 15) is 0 Å². The van der Waals surface area contributed by atoms with Gasteiger partial charge in [-0.25, -0.2) is 9.35 Å². The minimum Gasteiger partial charge on any atom is -0.264 e. The van der Waals surface area contributed by atoms with Crippen LogP contribution in [0, 0.1) is 0 Å². The van der Waals surface area contributed by atoms with Crippen molar-refractivity contribution in [2.75, 3.05) is 0 Å². The molecule has 0 unspecified atom stereocenters. The van der Waals surface area contributed by atoms with Crippen molar-refractivity contribution in [2.24, 2.45) is 5.10 Å². The maximum Gasteiger partial charge on any atom is 0.0766 e. The highest BCUT2D eigenvalue weighted by Crippen LogP contribution is 2.51. The summed E-state index contributed by atoms with van der Waals surface area (Å²) in [5.74, 6) is 0. The lowest BCUT2D eigenvalue weighted by Gasteiger charge is -2.31. The van der Waals surface area contributed by atoms with Crippen LogP contribution in [-0.4, -0.2) is 20.2 Å². The van der Waals surface area contributed by atoms with E-state index >= 15 is 0 Å². The van der Waals surface area contributed by atoms with Crippen molar-refractivity contribution in [3.63, 3.8) is 0 Å². The molecule has 310 valence electrons. The molecule has 0 aliphatic heterocycles. The van der Waals surface area contributed by atoms with Gasteiger partial charge in [0.2, 0.25) is 0 Å². The first-order valence-electron chi connectivity index (χ1n) is 23.0. The lowest BCUT2D eigenvalue weighted by molar-refractivity contribution is 0.713. The second kappa shape index (κ2) is 15.1. The summed E-state index contributed by atoms with van der Waals surface area (Å²) >= 11 is 0. The molecule has 10 aromatic rings. The van der Waals surface area contributed by atoms with Crippen molar-refractivity contribution in [1.82, 2.24) is 14.0 Å². The number of aromatic nitrogens is 3. The number of hydrogen-bond acceptors (Lipinski definition) is 1. The van der Waals surface area contributed by atoms with Crippen LogP contribution in [0.5, 0.6) is 0 Å². The molecule has 0 fully saturated rings. The average Bonchev–Trinajstić information content (AvgIpc) is 4.10. The van der Waals surface area contributed by atoms with Crippen molar-refractivity contribution in [3.8, 4) is 44.5 Å². The third kappa shape index (κ3) is 5.87. The molecule has 0 N–H and O–H groups in total. The topological polar surface area (TPSA) is 27.1 Å². The summed E-state index contributed by atoms with van der Waals surface area (Å²) in [4.78, 5) is 0. The molecule has 7 aromatic carbocycles. The van der Waals surface area contributed by atoms with E-state index in [0.29, 0.717) is 0 Å². The molecule has 0 saturated carbocycles. The molecule has 13 rings (SSSR count). The van der Waals surface area contributed by atoms with Crippen LogP contribution < -0.4 is 0 Å². The number of benzene rings is 7. The lowest BCUT2D eigenvalue weighted by Crippen LogP contribution is -2.17. The Morgan fingerprint density at radius 2 is 1.09 bits per heavy atom. The molecule has 3 heterocycles. The minimum absolute atomic E-state index is 0.919. The molecule has 0 atom stereocenters. The third-order valence-corrected chi connectivity index (χ3v) is 14.3. The fraction of sp³-hybridized carbons (Fsp3) is 0.0984. The van der Waals surface area contributed by atoms with Crippen molar-refractivity contribution in [1.29, 1.82) is 0 Å². The number of rotatable bonds is 8. The molecule has 0 radical (unpaired) electrons. The van der Waals surface area contributed by atoms with Gasteiger partial charge in [0, 0.05) is 40.3 Å². The first-order chi connectivity index (χ1) is 32.2. The summed E-state index contributed by atoms with van der Waals surface area (Å²) in [7, 11) is 0. The Bertz CT molecular complexity index is 3650. The van der Waals surface area contributed by atoms with Gasteiger partial charge in [-0.1, -0.05) is 134 Å². The summed E-state index contributed by atoms with van der Waals surface area (Å²) in [5.41, 5.74) is 25.3. The lowest BCUT2D eigenvalue weighted by atomic mass is 9.73. The third-order valence-electron chi connectivity index (χ3n) is 14.3. The summed E-state index contributed by atoms with van der Waals surface area (Å²) in [5, 5.41) is 9.20. The summed E-state index contributed by atoms with van der Waals surface area (Å²) in [6.45, 7) is 3.91. The van der Waals surface area contributed by atoms with Crippen LogP contribution in [0.25, 0.3) is 88.9 Å². The highest BCUT2D eigenvalue weighted by atomic mass is 15.4. The zero-order chi connectivity index (χ0) is 43.0.